The molecule has 0 rings (SSSR count). The zero-order chi connectivity index (χ0) is 13.2. The van der Waals surface area contributed by atoms with Crippen LogP contribution >= 0.6 is 0 Å². The molecule has 0 nitrogen and oxygen atoms in total. The van der Waals surface area contributed by atoms with Crippen LogP contribution in [0.15, 0.2) is 0 Å². The van der Waals surface area contributed by atoms with E-state index in [0.29, 0.717) is 11.3 Å². The van der Waals surface area contributed by atoms with Gasteiger partial charge in [0.15, 0.2) is 0 Å². The highest BCUT2D eigenvalue weighted by molar-refractivity contribution is 4.92. The zero-order valence-electron chi connectivity index (χ0n) is 12.3. The van der Waals surface area contributed by atoms with Crippen molar-refractivity contribution in [3.05, 3.63) is 6.92 Å². The first kappa shape index (κ1) is 17.9. The summed E-state index contributed by atoms with van der Waals surface area (Å²) in [5, 5.41) is 0. The highest BCUT2D eigenvalue weighted by atomic mass is 14.3. The van der Waals surface area contributed by atoms with Gasteiger partial charge in [0.2, 0.25) is 0 Å². The van der Waals surface area contributed by atoms with E-state index in [-0.39, 0.29) is 0 Å². The van der Waals surface area contributed by atoms with Gasteiger partial charge in [0.1, 0.15) is 0 Å². The third kappa shape index (κ3) is 8.84. The third-order valence-electron chi connectivity index (χ3n) is 3.30. The molecule has 0 fully saturated rings. The van der Waals surface area contributed by atoms with Gasteiger partial charge in [0.25, 0.3) is 0 Å². The maximum Gasteiger partial charge on any atom is 0.0200 e. The first-order chi connectivity index (χ1) is 7.41. The maximum absolute atomic E-state index is 5.50. The predicted octanol–water partition coefficient (Wildman–Crippen LogP) is 5.34. The summed E-state index contributed by atoms with van der Waals surface area (Å²) in [6.45, 7) is 16.5. The van der Waals surface area contributed by atoms with Crippen LogP contribution in [0.2, 0.25) is 0 Å². The molecule has 0 bridgehead atoms. The largest absolute Gasteiger partial charge is 0.120 e. The minimum Gasteiger partial charge on any atom is -0.120 e. The van der Waals surface area contributed by atoms with E-state index in [2.05, 4.69) is 47.5 Å². The highest BCUT2D eigenvalue weighted by Crippen LogP contribution is 2.30. The fourth-order valence-corrected chi connectivity index (χ4v) is 1.54. The van der Waals surface area contributed by atoms with Gasteiger partial charge >= 0.3 is 0 Å². The van der Waals surface area contributed by atoms with Crippen LogP contribution < -0.4 is 0 Å². The Labute approximate surface area is 104 Å². The second-order valence-electron chi connectivity index (χ2n) is 5.50. The first-order valence-corrected chi connectivity index (χ1v) is 6.58. The summed E-state index contributed by atoms with van der Waals surface area (Å²) < 4.78 is 0. The molecular weight excluding hydrogens is 192 g/mol. The molecule has 0 N–H and O–H groups in total. The molecule has 0 saturated heterocycles. The van der Waals surface area contributed by atoms with Crippen LogP contribution in [-0.2, 0) is 0 Å². The van der Waals surface area contributed by atoms with Crippen molar-refractivity contribution < 1.29 is 0 Å². The molecule has 16 heavy (non-hydrogen) atoms. The molecule has 0 aromatic heterocycles. The van der Waals surface area contributed by atoms with E-state index in [1.165, 1.54) is 25.7 Å². The van der Waals surface area contributed by atoms with E-state index < -0.39 is 0 Å². The van der Waals surface area contributed by atoms with Gasteiger partial charge in [-0.25, -0.2) is 0 Å². The van der Waals surface area contributed by atoms with E-state index in [4.69, 9.17) is 6.42 Å². The Morgan fingerprint density at radius 2 is 1.62 bits per heavy atom. The van der Waals surface area contributed by atoms with Crippen molar-refractivity contribution >= 4 is 0 Å². The van der Waals surface area contributed by atoms with E-state index in [9.17, 15) is 0 Å². The Hall–Kier alpha value is -0.440. The average molecular weight is 223 g/mol. The van der Waals surface area contributed by atoms with Crippen LogP contribution in [-0.4, -0.2) is 0 Å². The van der Waals surface area contributed by atoms with Crippen molar-refractivity contribution in [3.8, 4) is 12.3 Å². The van der Waals surface area contributed by atoms with Gasteiger partial charge in [0, 0.05) is 5.92 Å². The molecular formula is C16H31. The Balaban J connectivity index is 0. The minimum absolute atomic E-state index is 0.422. The molecule has 2 atom stereocenters. The third-order valence-corrected chi connectivity index (χ3v) is 3.30. The minimum atomic E-state index is 0.422. The molecule has 0 aliphatic rings. The topological polar surface area (TPSA) is 0 Å². The van der Waals surface area contributed by atoms with Crippen LogP contribution in [0.4, 0.5) is 0 Å². The summed E-state index contributed by atoms with van der Waals surface area (Å²) in [5.74, 6) is 4.17. The van der Waals surface area contributed by atoms with Crippen molar-refractivity contribution in [2.24, 2.45) is 17.3 Å². The summed E-state index contributed by atoms with van der Waals surface area (Å²) in [4.78, 5) is 0. The molecule has 0 saturated carbocycles. The van der Waals surface area contributed by atoms with E-state index >= 15 is 0 Å². The number of hydrogen-bond acceptors (Lipinski definition) is 0. The van der Waals surface area contributed by atoms with Crippen LogP contribution in [0.1, 0.15) is 67.2 Å². The number of terminal acetylenes is 1. The Morgan fingerprint density at radius 1 is 1.12 bits per heavy atom. The van der Waals surface area contributed by atoms with Gasteiger partial charge in [-0.3, -0.25) is 0 Å². The molecule has 0 heteroatoms. The van der Waals surface area contributed by atoms with E-state index in [1.807, 2.05) is 0 Å². The molecule has 0 amide bonds. The quantitative estimate of drug-likeness (QED) is 0.552. The van der Waals surface area contributed by atoms with Crippen molar-refractivity contribution in [2.75, 3.05) is 0 Å². The lowest BCUT2D eigenvalue weighted by atomic mass is 9.78. The molecule has 1 radical (unpaired) electrons. The summed E-state index contributed by atoms with van der Waals surface area (Å²) >= 11 is 0. The van der Waals surface area contributed by atoms with Crippen molar-refractivity contribution in [3.63, 3.8) is 0 Å². The van der Waals surface area contributed by atoms with Gasteiger partial charge in [-0.15, -0.1) is 12.3 Å². The standard InChI is InChI=1S/C14H26.C2H5/c1-7-9-13(8-2)11-10-12(3)14(4,5)6;1-2/h2,12-13H,7,9-11H2,1,3-6H3;1H2,2H3. The van der Waals surface area contributed by atoms with Gasteiger partial charge in [-0.05, 0) is 30.6 Å². The van der Waals surface area contributed by atoms with Crippen LogP contribution in [0.5, 0.6) is 0 Å². The SMILES string of the molecule is C#CC(CCC)CCC(C)C(C)(C)C.[CH2]C. The van der Waals surface area contributed by atoms with Gasteiger partial charge < -0.3 is 0 Å². The Kier molecular flexibility index (Phi) is 10.9. The molecule has 95 valence electrons. The highest BCUT2D eigenvalue weighted by Gasteiger charge is 2.20. The van der Waals surface area contributed by atoms with Crippen LogP contribution in [0.3, 0.4) is 0 Å². The lowest BCUT2D eigenvalue weighted by Crippen LogP contribution is -2.18. The predicted molar refractivity (Wildman–Crippen MR) is 76.1 cm³/mol. The summed E-state index contributed by atoms with van der Waals surface area (Å²) in [6, 6.07) is 0. The van der Waals surface area contributed by atoms with Crippen LogP contribution in [0.25, 0.3) is 0 Å². The number of hydrogen-bond donors (Lipinski definition) is 0. The number of rotatable bonds is 5. The maximum atomic E-state index is 5.50. The molecule has 0 aromatic carbocycles. The zero-order valence-corrected chi connectivity index (χ0v) is 12.3. The van der Waals surface area contributed by atoms with Gasteiger partial charge in [0.05, 0.1) is 0 Å². The average Bonchev–Trinajstić information content (AvgIpc) is 2.25. The summed E-state index contributed by atoms with van der Waals surface area (Å²) in [5.41, 5.74) is 0.422. The molecule has 2 unspecified atom stereocenters. The molecule has 0 spiro atoms. The normalized spacial score (nSPS) is 14.4. The van der Waals surface area contributed by atoms with E-state index in [0.717, 1.165) is 5.92 Å². The lowest BCUT2D eigenvalue weighted by molar-refractivity contribution is 0.235. The van der Waals surface area contributed by atoms with Crippen LogP contribution in [0, 0.1) is 36.5 Å². The van der Waals surface area contributed by atoms with Crippen molar-refractivity contribution in [2.45, 2.75) is 67.2 Å². The van der Waals surface area contributed by atoms with Crippen molar-refractivity contribution in [1.82, 2.24) is 0 Å². The van der Waals surface area contributed by atoms with Gasteiger partial charge in [-0.2, -0.15) is 0 Å². The second-order valence-corrected chi connectivity index (χ2v) is 5.50. The smallest absolute Gasteiger partial charge is 0.0200 e. The fraction of sp³-hybridized carbons (Fsp3) is 0.812. The molecule has 0 aliphatic heterocycles. The summed E-state index contributed by atoms with van der Waals surface area (Å²) in [7, 11) is 0. The van der Waals surface area contributed by atoms with E-state index in [1.54, 1.807) is 6.92 Å². The molecule has 0 aliphatic carbocycles. The first-order valence-electron chi connectivity index (χ1n) is 6.58. The lowest BCUT2D eigenvalue weighted by Gasteiger charge is -2.28. The summed E-state index contributed by atoms with van der Waals surface area (Å²) in [6.07, 6.45) is 10.4. The fourth-order valence-electron chi connectivity index (χ4n) is 1.54. The molecule has 0 aromatic rings. The molecule has 0 heterocycles. The van der Waals surface area contributed by atoms with Crippen molar-refractivity contribution in [1.29, 1.82) is 0 Å². The Morgan fingerprint density at radius 3 is 1.94 bits per heavy atom. The van der Waals surface area contributed by atoms with Gasteiger partial charge in [-0.1, -0.05) is 54.9 Å². The second kappa shape index (κ2) is 9.76. The Bertz CT molecular complexity index is 177. The monoisotopic (exact) mass is 223 g/mol.